The molecule has 0 unspecified atom stereocenters. The molecule has 7 heteroatoms. The highest BCUT2D eigenvalue weighted by Gasteiger charge is 2.49. The lowest BCUT2D eigenvalue weighted by Crippen LogP contribution is -2.36. The van der Waals surface area contributed by atoms with Gasteiger partial charge in [-0.2, -0.15) is 8.78 Å². The summed E-state index contributed by atoms with van der Waals surface area (Å²) >= 11 is 0. The van der Waals surface area contributed by atoms with E-state index in [0.29, 0.717) is 0 Å². The zero-order valence-electron chi connectivity index (χ0n) is 9.55. The minimum Gasteiger partial charge on any atom is -0.497 e. The van der Waals surface area contributed by atoms with E-state index in [9.17, 15) is 22.4 Å². The summed E-state index contributed by atoms with van der Waals surface area (Å²) < 4.78 is 59.5. The Morgan fingerprint density at radius 1 is 1.11 bits per heavy atom. The summed E-state index contributed by atoms with van der Waals surface area (Å²) in [6, 6.07) is 3.22. The van der Waals surface area contributed by atoms with Gasteiger partial charge in [0, 0.05) is 11.6 Å². The summed E-state index contributed by atoms with van der Waals surface area (Å²) in [5.74, 6) is -6.60. The lowest BCUT2D eigenvalue weighted by molar-refractivity contribution is -0.0958. The van der Waals surface area contributed by atoms with Crippen molar-refractivity contribution in [3.63, 3.8) is 0 Å². The van der Waals surface area contributed by atoms with Crippen LogP contribution in [0.4, 0.5) is 17.6 Å². The summed E-state index contributed by atoms with van der Waals surface area (Å²) in [6.07, 6.45) is -4.07. The highest BCUT2D eigenvalue weighted by molar-refractivity contribution is 6.02. The minimum absolute atomic E-state index is 0.0581. The first-order valence-electron chi connectivity index (χ1n) is 4.76. The first-order chi connectivity index (χ1) is 8.32. The average Bonchev–Trinajstić information content (AvgIpc) is 2.36. The van der Waals surface area contributed by atoms with E-state index in [1.54, 1.807) is 0 Å². The highest BCUT2D eigenvalue weighted by atomic mass is 19.3. The van der Waals surface area contributed by atoms with Crippen molar-refractivity contribution >= 4 is 5.78 Å². The van der Waals surface area contributed by atoms with Crippen molar-refractivity contribution in [1.82, 2.24) is 0 Å². The SMILES string of the molecule is COc1cc(OC)cc(C(=O)C(F)(F)C(F)F)c1. The number of alkyl halides is 4. The molecule has 18 heavy (non-hydrogen) atoms. The Bertz CT molecular complexity index is 424. The molecular formula is C11H10F4O3. The van der Waals surface area contributed by atoms with E-state index in [4.69, 9.17) is 9.47 Å². The third kappa shape index (κ3) is 2.72. The summed E-state index contributed by atoms with van der Waals surface area (Å²) in [6.45, 7) is 0. The lowest BCUT2D eigenvalue weighted by atomic mass is 10.0. The summed E-state index contributed by atoms with van der Waals surface area (Å²) in [4.78, 5) is 11.3. The molecule has 0 aliphatic rings. The van der Waals surface area contributed by atoms with Gasteiger partial charge in [-0.25, -0.2) is 8.78 Å². The fraction of sp³-hybridized carbons (Fsp3) is 0.364. The van der Waals surface area contributed by atoms with Crippen LogP contribution in [0.25, 0.3) is 0 Å². The molecule has 0 fully saturated rings. The Balaban J connectivity index is 3.20. The van der Waals surface area contributed by atoms with Crippen LogP contribution in [0.15, 0.2) is 18.2 Å². The zero-order chi connectivity index (χ0) is 13.9. The molecule has 0 aliphatic heterocycles. The lowest BCUT2D eigenvalue weighted by Gasteiger charge is -2.15. The van der Waals surface area contributed by atoms with Crippen LogP contribution in [0.3, 0.4) is 0 Å². The monoisotopic (exact) mass is 266 g/mol. The third-order valence-corrected chi connectivity index (χ3v) is 2.19. The number of hydrogen-bond donors (Lipinski definition) is 0. The van der Waals surface area contributed by atoms with Crippen molar-refractivity contribution in [2.75, 3.05) is 14.2 Å². The summed E-state index contributed by atoms with van der Waals surface area (Å²) in [7, 11) is 2.49. The van der Waals surface area contributed by atoms with Crippen LogP contribution in [-0.4, -0.2) is 32.4 Å². The van der Waals surface area contributed by atoms with Gasteiger partial charge in [0.2, 0.25) is 5.78 Å². The highest BCUT2D eigenvalue weighted by Crippen LogP contribution is 2.31. The van der Waals surface area contributed by atoms with E-state index in [2.05, 4.69) is 0 Å². The first kappa shape index (κ1) is 14.3. The molecule has 0 saturated carbocycles. The van der Waals surface area contributed by atoms with E-state index < -0.39 is 23.7 Å². The van der Waals surface area contributed by atoms with Crippen LogP contribution in [0.5, 0.6) is 11.5 Å². The van der Waals surface area contributed by atoms with E-state index in [1.807, 2.05) is 0 Å². The number of carbonyl (C=O) groups excluding carboxylic acids is 1. The minimum atomic E-state index is -4.74. The normalized spacial score (nSPS) is 11.5. The number of carbonyl (C=O) groups is 1. The number of rotatable bonds is 5. The van der Waals surface area contributed by atoms with Gasteiger partial charge in [-0.3, -0.25) is 4.79 Å². The van der Waals surface area contributed by atoms with Gasteiger partial charge in [0.25, 0.3) is 0 Å². The van der Waals surface area contributed by atoms with Crippen LogP contribution in [-0.2, 0) is 0 Å². The number of halogens is 4. The predicted octanol–water partition coefficient (Wildman–Crippen LogP) is 2.79. The van der Waals surface area contributed by atoms with Crippen molar-refractivity contribution in [1.29, 1.82) is 0 Å². The second-order valence-electron chi connectivity index (χ2n) is 3.35. The molecule has 0 heterocycles. The Morgan fingerprint density at radius 3 is 1.89 bits per heavy atom. The smallest absolute Gasteiger partial charge is 0.368 e. The second-order valence-corrected chi connectivity index (χ2v) is 3.35. The fourth-order valence-corrected chi connectivity index (χ4v) is 1.23. The van der Waals surface area contributed by atoms with E-state index in [0.717, 1.165) is 12.1 Å². The third-order valence-electron chi connectivity index (χ3n) is 2.19. The molecule has 0 atom stereocenters. The van der Waals surface area contributed by atoms with Crippen LogP contribution >= 0.6 is 0 Å². The van der Waals surface area contributed by atoms with Crippen LogP contribution < -0.4 is 9.47 Å². The quantitative estimate of drug-likeness (QED) is 0.607. The molecule has 1 rings (SSSR count). The van der Waals surface area contributed by atoms with Crippen molar-refractivity contribution in [2.45, 2.75) is 12.3 Å². The van der Waals surface area contributed by atoms with E-state index in [-0.39, 0.29) is 11.5 Å². The Morgan fingerprint density at radius 2 is 1.56 bits per heavy atom. The van der Waals surface area contributed by atoms with Gasteiger partial charge in [0.1, 0.15) is 11.5 Å². The Kier molecular flexibility index (Phi) is 4.15. The molecule has 0 N–H and O–H groups in total. The number of Topliss-reactive ketones (excluding diaryl/α,β-unsaturated/α-hetero) is 1. The van der Waals surface area contributed by atoms with Gasteiger partial charge in [-0.15, -0.1) is 0 Å². The largest absolute Gasteiger partial charge is 0.497 e. The first-order valence-corrected chi connectivity index (χ1v) is 4.76. The molecule has 100 valence electrons. The maximum absolute atomic E-state index is 12.9. The van der Waals surface area contributed by atoms with Gasteiger partial charge < -0.3 is 9.47 Å². The van der Waals surface area contributed by atoms with Crippen LogP contribution in [0.2, 0.25) is 0 Å². The molecule has 0 aromatic heterocycles. The topological polar surface area (TPSA) is 35.5 Å². The number of hydrogen-bond acceptors (Lipinski definition) is 3. The Labute approximate surface area is 100 Å². The van der Waals surface area contributed by atoms with Crippen molar-refractivity contribution in [3.8, 4) is 11.5 Å². The summed E-state index contributed by atoms with van der Waals surface area (Å²) in [5.41, 5.74) is -0.600. The number of methoxy groups -OCH3 is 2. The van der Waals surface area contributed by atoms with Crippen LogP contribution in [0.1, 0.15) is 10.4 Å². The fourth-order valence-electron chi connectivity index (χ4n) is 1.23. The van der Waals surface area contributed by atoms with Crippen LogP contribution in [0, 0.1) is 0 Å². The number of ether oxygens (including phenoxy) is 2. The molecule has 0 saturated heterocycles. The van der Waals surface area contributed by atoms with Gasteiger partial charge in [0.15, 0.2) is 0 Å². The van der Waals surface area contributed by atoms with E-state index >= 15 is 0 Å². The number of ketones is 1. The Hall–Kier alpha value is -1.79. The van der Waals surface area contributed by atoms with Crippen molar-refractivity contribution < 1.29 is 31.8 Å². The average molecular weight is 266 g/mol. The molecule has 1 aromatic rings. The maximum Gasteiger partial charge on any atom is 0.368 e. The molecule has 0 amide bonds. The molecule has 1 aromatic carbocycles. The zero-order valence-corrected chi connectivity index (χ0v) is 9.55. The number of benzene rings is 1. The van der Waals surface area contributed by atoms with E-state index in [1.165, 1.54) is 20.3 Å². The molecule has 0 spiro atoms. The maximum atomic E-state index is 12.9. The summed E-state index contributed by atoms with van der Waals surface area (Å²) in [5, 5.41) is 0. The predicted molar refractivity (Wildman–Crippen MR) is 54.8 cm³/mol. The molecule has 0 aliphatic carbocycles. The van der Waals surface area contributed by atoms with Crippen molar-refractivity contribution in [2.24, 2.45) is 0 Å². The molecule has 0 bridgehead atoms. The molecule has 3 nitrogen and oxygen atoms in total. The van der Waals surface area contributed by atoms with Gasteiger partial charge in [0.05, 0.1) is 14.2 Å². The molecular weight excluding hydrogens is 256 g/mol. The van der Waals surface area contributed by atoms with Crippen molar-refractivity contribution in [3.05, 3.63) is 23.8 Å². The standard InChI is InChI=1S/C11H10F4O3/c1-17-7-3-6(4-8(5-7)18-2)9(16)11(14,15)10(12)13/h3-5,10H,1-2H3. The van der Waals surface area contributed by atoms with Gasteiger partial charge >= 0.3 is 12.3 Å². The molecule has 0 radical (unpaired) electrons. The second kappa shape index (κ2) is 5.24. The van der Waals surface area contributed by atoms with Gasteiger partial charge in [-0.05, 0) is 12.1 Å². The van der Waals surface area contributed by atoms with Gasteiger partial charge in [-0.1, -0.05) is 0 Å².